The maximum atomic E-state index is 11.5. The molecule has 0 bridgehead atoms. The van der Waals surface area contributed by atoms with Gasteiger partial charge in [0.15, 0.2) is 0 Å². The van der Waals surface area contributed by atoms with Gasteiger partial charge in [-0.1, -0.05) is 23.4 Å². The van der Waals surface area contributed by atoms with E-state index in [1.807, 2.05) is 36.4 Å². The zero-order chi connectivity index (χ0) is 13.8. The Morgan fingerprint density at radius 3 is 2.37 bits per heavy atom. The minimum absolute atomic E-state index is 0.352. The van der Waals surface area contributed by atoms with Crippen LogP contribution in [0.25, 0.3) is 0 Å². The molecule has 0 aliphatic carbocycles. The first-order valence-electron chi connectivity index (χ1n) is 5.41. The average Bonchev–Trinajstić information content (AvgIpc) is 2.41. The van der Waals surface area contributed by atoms with Crippen molar-refractivity contribution >= 4 is 45.3 Å². The van der Waals surface area contributed by atoms with Crippen LogP contribution in [0.15, 0.2) is 56.7 Å². The van der Waals surface area contributed by atoms with E-state index in [2.05, 4.69) is 15.9 Å². The highest BCUT2D eigenvalue weighted by atomic mass is 79.9. The van der Waals surface area contributed by atoms with Gasteiger partial charge >= 0.3 is 5.97 Å². The molecule has 0 aliphatic heterocycles. The molecule has 0 heterocycles. The standard InChI is InChI=1S/C14H10BrClO2S/c1-18-14(17)12-7-6-11(8-13(12)15)19-10-4-2-9(16)3-5-10/h2-8H,1H3. The molecule has 0 atom stereocenters. The van der Waals surface area contributed by atoms with E-state index in [9.17, 15) is 4.79 Å². The summed E-state index contributed by atoms with van der Waals surface area (Å²) in [7, 11) is 1.37. The van der Waals surface area contributed by atoms with Crippen LogP contribution in [0.5, 0.6) is 0 Å². The summed E-state index contributed by atoms with van der Waals surface area (Å²) in [5, 5.41) is 0.714. The normalized spacial score (nSPS) is 10.3. The van der Waals surface area contributed by atoms with Gasteiger partial charge in [0.2, 0.25) is 0 Å². The van der Waals surface area contributed by atoms with Gasteiger partial charge in [-0.15, -0.1) is 0 Å². The second kappa shape index (κ2) is 6.46. The topological polar surface area (TPSA) is 26.3 Å². The minimum Gasteiger partial charge on any atom is -0.465 e. The Kier molecular flexibility index (Phi) is 4.91. The van der Waals surface area contributed by atoms with E-state index in [1.165, 1.54) is 7.11 Å². The lowest BCUT2D eigenvalue weighted by molar-refractivity contribution is 0.0599. The van der Waals surface area contributed by atoms with E-state index in [0.717, 1.165) is 14.3 Å². The van der Waals surface area contributed by atoms with Crippen LogP contribution in [0.2, 0.25) is 5.02 Å². The summed E-state index contributed by atoms with van der Waals surface area (Å²) >= 11 is 10.8. The first kappa shape index (κ1) is 14.4. The molecule has 0 unspecified atom stereocenters. The maximum absolute atomic E-state index is 11.5. The first-order chi connectivity index (χ1) is 9.10. The number of halogens is 2. The quantitative estimate of drug-likeness (QED) is 0.720. The number of methoxy groups -OCH3 is 1. The molecule has 19 heavy (non-hydrogen) atoms. The van der Waals surface area contributed by atoms with Crippen LogP contribution >= 0.6 is 39.3 Å². The summed E-state index contributed by atoms with van der Waals surface area (Å²) in [5.41, 5.74) is 0.517. The molecule has 0 saturated heterocycles. The van der Waals surface area contributed by atoms with Gasteiger partial charge in [0.05, 0.1) is 12.7 Å². The molecule has 0 aromatic heterocycles. The molecule has 2 rings (SSSR count). The van der Waals surface area contributed by atoms with Crippen molar-refractivity contribution < 1.29 is 9.53 Å². The fourth-order valence-electron chi connectivity index (χ4n) is 1.47. The number of ether oxygens (including phenoxy) is 1. The zero-order valence-electron chi connectivity index (χ0n) is 10.0. The highest BCUT2D eigenvalue weighted by molar-refractivity contribution is 9.10. The summed E-state index contributed by atoms with van der Waals surface area (Å²) in [6, 6.07) is 13.1. The van der Waals surface area contributed by atoms with Gasteiger partial charge in [0.25, 0.3) is 0 Å². The lowest BCUT2D eigenvalue weighted by Gasteiger charge is -2.06. The van der Waals surface area contributed by atoms with Gasteiger partial charge in [-0.3, -0.25) is 0 Å². The van der Waals surface area contributed by atoms with E-state index < -0.39 is 0 Å². The summed E-state index contributed by atoms with van der Waals surface area (Å²) in [6.45, 7) is 0. The molecular formula is C14H10BrClO2S. The smallest absolute Gasteiger partial charge is 0.339 e. The summed E-state index contributed by atoms with van der Waals surface area (Å²) in [4.78, 5) is 13.6. The molecule has 0 N–H and O–H groups in total. The number of hydrogen-bond acceptors (Lipinski definition) is 3. The van der Waals surface area contributed by atoms with Gasteiger partial charge in [-0.05, 0) is 58.4 Å². The second-order valence-corrected chi connectivity index (χ2v) is 6.13. The molecule has 0 radical (unpaired) electrons. The van der Waals surface area contributed by atoms with Crippen LogP contribution in [0, 0.1) is 0 Å². The third-order valence-corrected chi connectivity index (χ3v) is 4.30. The van der Waals surface area contributed by atoms with Gasteiger partial charge in [-0.2, -0.15) is 0 Å². The molecule has 0 aliphatic rings. The van der Waals surface area contributed by atoms with E-state index in [-0.39, 0.29) is 5.97 Å². The third kappa shape index (κ3) is 3.75. The van der Waals surface area contributed by atoms with Crippen LogP contribution in [0.4, 0.5) is 0 Å². The molecular weight excluding hydrogens is 348 g/mol. The molecule has 0 spiro atoms. The highest BCUT2D eigenvalue weighted by Gasteiger charge is 2.10. The van der Waals surface area contributed by atoms with Crippen molar-refractivity contribution in [1.29, 1.82) is 0 Å². The molecule has 5 heteroatoms. The number of carbonyl (C=O) groups is 1. The second-order valence-electron chi connectivity index (χ2n) is 3.69. The van der Waals surface area contributed by atoms with Gasteiger partial charge in [-0.25, -0.2) is 4.79 Å². The van der Waals surface area contributed by atoms with E-state index >= 15 is 0 Å². The van der Waals surface area contributed by atoms with Crippen molar-refractivity contribution in [2.75, 3.05) is 7.11 Å². The molecule has 0 amide bonds. The van der Waals surface area contributed by atoms with Crippen molar-refractivity contribution in [3.63, 3.8) is 0 Å². The number of esters is 1. The van der Waals surface area contributed by atoms with E-state index in [4.69, 9.17) is 16.3 Å². The molecule has 2 aromatic carbocycles. The molecule has 0 saturated carbocycles. The van der Waals surface area contributed by atoms with Crippen molar-refractivity contribution in [1.82, 2.24) is 0 Å². The Hall–Kier alpha value is -0.970. The lowest BCUT2D eigenvalue weighted by atomic mass is 10.2. The molecule has 2 aromatic rings. The molecule has 2 nitrogen and oxygen atoms in total. The van der Waals surface area contributed by atoms with Crippen LogP contribution < -0.4 is 0 Å². The zero-order valence-corrected chi connectivity index (χ0v) is 13.2. The Labute approximate surface area is 129 Å². The van der Waals surface area contributed by atoms with Crippen molar-refractivity contribution in [3.8, 4) is 0 Å². The van der Waals surface area contributed by atoms with Crippen LogP contribution in [-0.4, -0.2) is 13.1 Å². The maximum Gasteiger partial charge on any atom is 0.339 e. The fourth-order valence-corrected chi connectivity index (χ4v) is 3.15. The van der Waals surface area contributed by atoms with Gasteiger partial charge in [0, 0.05) is 19.3 Å². The number of carbonyl (C=O) groups excluding carboxylic acids is 1. The van der Waals surface area contributed by atoms with Crippen LogP contribution in [0.1, 0.15) is 10.4 Å². The van der Waals surface area contributed by atoms with Gasteiger partial charge < -0.3 is 4.74 Å². The SMILES string of the molecule is COC(=O)c1ccc(Sc2ccc(Cl)cc2)cc1Br. The van der Waals surface area contributed by atoms with Crippen molar-refractivity contribution in [2.45, 2.75) is 9.79 Å². The van der Waals surface area contributed by atoms with Gasteiger partial charge in [0.1, 0.15) is 0 Å². The van der Waals surface area contributed by atoms with Crippen molar-refractivity contribution in [3.05, 3.63) is 57.5 Å². The molecule has 0 fully saturated rings. The summed E-state index contributed by atoms with van der Waals surface area (Å²) in [6.07, 6.45) is 0. The molecule has 98 valence electrons. The lowest BCUT2D eigenvalue weighted by Crippen LogP contribution is -2.01. The monoisotopic (exact) mass is 356 g/mol. The Morgan fingerprint density at radius 1 is 1.16 bits per heavy atom. The summed E-state index contributed by atoms with van der Waals surface area (Å²) in [5.74, 6) is -0.352. The predicted octanol–water partition coefficient (Wildman–Crippen LogP) is 5.04. The fraction of sp³-hybridized carbons (Fsp3) is 0.0714. The Morgan fingerprint density at radius 2 is 1.79 bits per heavy atom. The summed E-state index contributed by atoms with van der Waals surface area (Å²) < 4.78 is 5.42. The van der Waals surface area contributed by atoms with E-state index in [0.29, 0.717) is 10.6 Å². The van der Waals surface area contributed by atoms with Crippen LogP contribution in [-0.2, 0) is 4.74 Å². The average molecular weight is 358 g/mol. The predicted molar refractivity (Wildman–Crippen MR) is 81.1 cm³/mol. The number of rotatable bonds is 3. The van der Waals surface area contributed by atoms with E-state index in [1.54, 1.807) is 17.8 Å². The number of hydrogen-bond donors (Lipinski definition) is 0. The largest absolute Gasteiger partial charge is 0.465 e. The van der Waals surface area contributed by atoms with Crippen LogP contribution in [0.3, 0.4) is 0 Å². The Bertz CT molecular complexity index is 599. The Balaban J connectivity index is 2.20. The highest BCUT2D eigenvalue weighted by Crippen LogP contribution is 2.31. The third-order valence-electron chi connectivity index (χ3n) is 2.40. The van der Waals surface area contributed by atoms with Crippen molar-refractivity contribution in [2.24, 2.45) is 0 Å². The number of benzene rings is 2. The first-order valence-corrected chi connectivity index (χ1v) is 7.40. The minimum atomic E-state index is -0.352.